The Morgan fingerprint density at radius 2 is 1.12 bits per heavy atom. The van der Waals surface area contributed by atoms with Crippen molar-refractivity contribution in [2.45, 2.75) is 6.42 Å². The molecule has 0 amide bonds. The van der Waals surface area contributed by atoms with Crippen molar-refractivity contribution in [2.24, 2.45) is 20.0 Å². The van der Waals surface area contributed by atoms with Crippen molar-refractivity contribution >= 4 is 53.2 Å². The summed E-state index contributed by atoms with van der Waals surface area (Å²) in [4.78, 5) is 19.1. The largest absolute Gasteiger partial charge is 0.493 e. The third-order valence-corrected chi connectivity index (χ3v) is 6.45. The second-order valence-electron chi connectivity index (χ2n) is 10.7. The van der Waals surface area contributed by atoms with Gasteiger partial charge in [-0.25, -0.2) is 20.0 Å². The van der Waals surface area contributed by atoms with Crippen LogP contribution in [-0.4, -0.2) is 61.6 Å². The molecule has 40 heavy (non-hydrogen) atoms. The number of halogens is 2. The van der Waals surface area contributed by atoms with Gasteiger partial charge in [0.2, 0.25) is 0 Å². The van der Waals surface area contributed by atoms with Crippen LogP contribution in [0.1, 0.15) is 12.0 Å². The van der Waals surface area contributed by atoms with Crippen molar-refractivity contribution in [2.75, 3.05) is 34.3 Å². The van der Waals surface area contributed by atoms with Gasteiger partial charge in [0.05, 0.1) is 79.9 Å². The van der Waals surface area contributed by atoms with E-state index < -0.39 is 0 Å². The molecular weight excluding hydrogens is 541 g/mol. The molecule has 0 unspecified atom stereocenters. The van der Waals surface area contributed by atoms with E-state index in [1.54, 1.807) is 0 Å². The zero-order valence-corrected chi connectivity index (χ0v) is 24.4. The third kappa shape index (κ3) is 7.02. The molecule has 0 N–H and O–H groups in total. The van der Waals surface area contributed by atoms with Crippen LogP contribution < -0.4 is 4.74 Å². The summed E-state index contributed by atoms with van der Waals surface area (Å²) in [7, 11) is 6.59. The van der Waals surface area contributed by atoms with Crippen molar-refractivity contribution in [3.8, 4) is 5.75 Å². The van der Waals surface area contributed by atoms with E-state index in [-0.39, 0.29) is 24.8 Å². The molecule has 0 atom stereocenters. The van der Waals surface area contributed by atoms with Crippen LogP contribution in [-0.2, 0) is 0 Å². The predicted molar refractivity (Wildman–Crippen MR) is 171 cm³/mol. The van der Waals surface area contributed by atoms with Crippen LogP contribution in [0.4, 0.5) is 0 Å². The Hall–Kier alpha value is -3.84. The van der Waals surface area contributed by atoms with E-state index in [2.05, 4.69) is 44.3 Å². The number of rotatable bonds is 6. The summed E-state index contributed by atoms with van der Waals surface area (Å²) in [5, 5.41) is 0. The average Bonchev–Trinajstić information content (AvgIpc) is 3.67. The molecule has 5 heterocycles. The molecule has 6 nitrogen and oxygen atoms in total. The molecule has 204 valence electrons. The van der Waals surface area contributed by atoms with Gasteiger partial charge in [0.1, 0.15) is 5.75 Å². The van der Waals surface area contributed by atoms with Gasteiger partial charge < -0.3 is 9.22 Å². The van der Waals surface area contributed by atoms with E-state index in [0.717, 1.165) is 80.0 Å². The molecule has 8 bridgehead atoms. The SMILES string of the molecule is C[N+](C)(C)CCCOc1ccc(C2=CC3=NC2=CC2=NC(=CC4=NC(=CC5=NC(=C3)C=C5)C=C4)C=C2)cc1.Cl.Cl. The van der Waals surface area contributed by atoms with E-state index in [0.29, 0.717) is 6.61 Å². The van der Waals surface area contributed by atoms with Crippen molar-refractivity contribution in [1.29, 1.82) is 0 Å². The molecule has 8 heteroatoms. The highest BCUT2D eigenvalue weighted by molar-refractivity contribution is 6.19. The lowest BCUT2D eigenvalue weighted by atomic mass is 10.0. The van der Waals surface area contributed by atoms with E-state index in [4.69, 9.17) is 19.7 Å². The molecule has 0 aliphatic carbocycles. The number of quaternary nitrogens is 1. The second-order valence-corrected chi connectivity index (χ2v) is 10.7. The zero-order valence-electron chi connectivity index (χ0n) is 22.7. The number of allylic oxidation sites excluding steroid dienone is 12. The zero-order chi connectivity index (χ0) is 26.1. The summed E-state index contributed by atoms with van der Waals surface area (Å²) in [6.07, 6.45) is 23.2. The first-order valence-electron chi connectivity index (χ1n) is 12.9. The molecule has 0 aromatic heterocycles. The van der Waals surface area contributed by atoms with Gasteiger partial charge in [-0.1, -0.05) is 12.1 Å². The average molecular weight is 574 g/mol. The highest BCUT2D eigenvalue weighted by atomic mass is 35.5. The summed E-state index contributed by atoms with van der Waals surface area (Å²) in [5.41, 5.74) is 9.07. The maximum absolute atomic E-state index is 5.99. The summed E-state index contributed by atoms with van der Waals surface area (Å²) in [5.74, 6) is 0.879. The first kappa shape index (κ1) is 29.2. The lowest BCUT2D eigenvalue weighted by Crippen LogP contribution is -2.35. The van der Waals surface area contributed by atoms with Crippen LogP contribution >= 0.6 is 24.8 Å². The molecule has 1 aromatic carbocycles. The van der Waals surface area contributed by atoms with Crippen molar-refractivity contribution in [3.05, 3.63) is 119 Å². The molecule has 0 saturated heterocycles. The molecule has 0 fully saturated rings. The predicted octanol–water partition coefficient (Wildman–Crippen LogP) is 6.42. The minimum Gasteiger partial charge on any atom is -0.493 e. The van der Waals surface area contributed by atoms with Crippen LogP contribution in [0.25, 0.3) is 5.57 Å². The van der Waals surface area contributed by atoms with Crippen LogP contribution in [0.15, 0.2) is 134 Å². The van der Waals surface area contributed by atoms with Crippen molar-refractivity contribution in [1.82, 2.24) is 0 Å². The molecule has 5 aliphatic heterocycles. The van der Waals surface area contributed by atoms with E-state index in [9.17, 15) is 0 Å². The third-order valence-electron chi connectivity index (χ3n) is 6.45. The van der Waals surface area contributed by atoms with Crippen molar-refractivity contribution in [3.63, 3.8) is 0 Å². The van der Waals surface area contributed by atoms with Crippen LogP contribution in [0.5, 0.6) is 5.75 Å². The topological polar surface area (TPSA) is 58.7 Å². The maximum Gasteiger partial charge on any atom is 0.119 e. The van der Waals surface area contributed by atoms with Gasteiger partial charge in [0.15, 0.2) is 0 Å². The lowest BCUT2D eigenvalue weighted by molar-refractivity contribution is -0.870. The number of hydrogen-bond acceptors (Lipinski definition) is 5. The Balaban J connectivity index is 0.00000185. The fraction of sp³-hybridized carbons (Fsp3) is 0.188. The van der Waals surface area contributed by atoms with E-state index in [1.165, 1.54) is 0 Å². The van der Waals surface area contributed by atoms with E-state index in [1.807, 2.05) is 72.9 Å². The van der Waals surface area contributed by atoms with Gasteiger partial charge in [0, 0.05) is 12.0 Å². The number of ether oxygens (including phenoxy) is 1. The highest BCUT2D eigenvalue weighted by Gasteiger charge is 2.18. The number of aliphatic imine (C=N–C) groups is 4. The van der Waals surface area contributed by atoms with Gasteiger partial charge in [-0.2, -0.15) is 0 Å². The molecule has 0 saturated carbocycles. The monoisotopic (exact) mass is 572 g/mol. The normalized spacial score (nSPS) is 18.3. The first-order chi connectivity index (χ1) is 18.4. The number of nitrogens with zero attached hydrogens (tertiary/aromatic N) is 5. The molecule has 0 spiro atoms. The Bertz CT molecular complexity index is 1570. The van der Waals surface area contributed by atoms with Crippen LogP contribution in [0.2, 0.25) is 0 Å². The minimum atomic E-state index is 0. The molecule has 0 radical (unpaired) electrons. The Kier molecular flexibility index (Phi) is 8.84. The fourth-order valence-electron chi connectivity index (χ4n) is 4.59. The number of hydrogen-bond donors (Lipinski definition) is 0. The Labute approximate surface area is 247 Å². The van der Waals surface area contributed by atoms with E-state index >= 15 is 0 Å². The number of benzene rings is 1. The van der Waals surface area contributed by atoms with Gasteiger partial charge in [-0.15, -0.1) is 24.8 Å². The minimum absolute atomic E-state index is 0. The molecular formula is C32H32Cl2N5O+. The van der Waals surface area contributed by atoms with Gasteiger partial charge in [-0.05, 0) is 84.5 Å². The second kappa shape index (κ2) is 12.1. The fourth-order valence-corrected chi connectivity index (χ4v) is 4.59. The summed E-state index contributed by atoms with van der Waals surface area (Å²) < 4.78 is 6.92. The van der Waals surface area contributed by atoms with Crippen molar-refractivity contribution < 1.29 is 9.22 Å². The lowest BCUT2D eigenvalue weighted by Gasteiger charge is -2.23. The maximum atomic E-state index is 5.99. The smallest absolute Gasteiger partial charge is 0.119 e. The van der Waals surface area contributed by atoms with Crippen LogP contribution in [0, 0.1) is 0 Å². The van der Waals surface area contributed by atoms with Crippen LogP contribution in [0.3, 0.4) is 0 Å². The number of fused-ring (bicyclic) bond motifs is 4. The molecule has 5 aliphatic rings. The van der Waals surface area contributed by atoms with Gasteiger partial charge in [-0.3, -0.25) is 0 Å². The molecule has 1 aromatic rings. The summed E-state index contributed by atoms with van der Waals surface area (Å²) >= 11 is 0. The Morgan fingerprint density at radius 1 is 0.600 bits per heavy atom. The van der Waals surface area contributed by atoms with Gasteiger partial charge in [0.25, 0.3) is 0 Å². The standard InChI is InChI=1S/C32H30N5O.2ClH/c1-37(2,3)15-4-16-38-30-13-5-22(6-14-30)31-20-29-19-27-10-9-25(34-27)17-23-7-8-24(33-23)18-26-11-12-28(35-26)21-32(31)36-29;;/h5-14,17-21H,4,15-16H2,1-3H3;2*1H/q+1;;. The Morgan fingerprint density at radius 3 is 1.68 bits per heavy atom. The summed E-state index contributed by atoms with van der Waals surface area (Å²) in [6.45, 7) is 1.79. The molecule has 6 rings (SSSR count). The summed E-state index contributed by atoms with van der Waals surface area (Å²) in [6, 6.07) is 8.26. The quantitative estimate of drug-likeness (QED) is 0.286. The first-order valence-corrected chi connectivity index (χ1v) is 12.9. The van der Waals surface area contributed by atoms with Gasteiger partial charge >= 0.3 is 0 Å². The highest BCUT2D eigenvalue weighted by Crippen LogP contribution is 2.32.